The number of benzene rings is 1. The SMILES string of the molecule is O=C(CCC1CCNC1)Nc1ccc(C(=O)N2CCCC2)cc1. The standard InChI is InChI=1S/C18H25N3O2/c22-17(8-3-14-9-10-19-13-14)20-16-6-4-15(5-7-16)18(23)21-11-1-2-12-21/h4-7,14,19H,1-3,8-13H2,(H,20,22). The van der Waals surface area contributed by atoms with E-state index < -0.39 is 0 Å². The second kappa shape index (κ2) is 7.59. The molecular formula is C18H25N3O2. The monoisotopic (exact) mass is 315 g/mol. The van der Waals surface area contributed by atoms with Crippen LogP contribution in [0.1, 0.15) is 42.5 Å². The molecule has 2 saturated heterocycles. The van der Waals surface area contributed by atoms with Crippen molar-refractivity contribution in [3.05, 3.63) is 29.8 Å². The molecule has 5 heteroatoms. The summed E-state index contributed by atoms with van der Waals surface area (Å²) in [7, 11) is 0. The van der Waals surface area contributed by atoms with E-state index in [9.17, 15) is 9.59 Å². The largest absolute Gasteiger partial charge is 0.339 e. The average Bonchev–Trinajstić information content (AvgIpc) is 3.26. The highest BCUT2D eigenvalue weighted by atomic mass is 16.2. The number of hydrogen-bond donors (Lipinski definition) is 2. The van der Waals surface area contributed by atoms with Crippen molar-refractivity contribution >= 4 is 17.5 Å². The Labute approximate surface area is 137 Å². The van der Waals surface area contributed by atoms with E-state index in [1.54, 1.807) is 12.1 Å². The summed E-state index contributed by atoms with van der Waals surface area (Å²) in [6.07, 6.45) is 4.85. The van der Waals surface area contributed by atoms with Gasteiger partial charge in [0.1, 0.15) is 0 Å². The van der Waals surface area contributed by atoms with Crippen LogP contribution in [0.15, 0.2) is 24.3 Å². The summed E-state index contributed by atoms with van der Waals surface area (Å²) in [6, 6.07) is 7.24. The van der Waals surface area contributed by atoms with E-state index in [0.717, 1.165) is 51.1 Å². The first-order chi connectivity index (χ1) is 11.2. The minimum absolute atomic E-state index is 0.0514. The van der Waals surface area contributed by atoms with Gasteiger partial charge in [0.05, 0.1) is 0 Å². The molecule has 0 aromatic heterocycles. The van der Waals surface area contributed by atoms with Gasteiger partial charge in [-0.15, -0.1) is 0 Å². The maximum absolute atomic E-state index is 12.3. The highest BCUT2D eigenvalue weighted by molar-refractivity contribution is 5.96. The van der Waals surface area contributed by atoms with Crippen LogP contribution in [-0.4, -0.2) is 42.9 Å². The molecule has 1 atom stereocenters. The van der Waals surface area contributed by atoms with Crippen molar-refractivity contribution in [3.63, 3.8) is 0 Å². The molecule has 0 bridgehead atoms. The Bertz CT molecular complexity index is 544. The third kappa shape index (κ3) is 4.32. The van der Waals surface area contributed by atoms with Gasteiger partial charge in [0.2, 0.25) is 5.91 Å². The number of nitrogens with one attached hydrogen (secondary N) is 2. The van der Waals surface area contributed by atoms with E-state index in [1.165, 1.54) is 6.42 Å². The van der Waals surface area contributed by atoms with Crippen LogP contribution in [0.3, 0.4) is 0 Å². The van der Waals surface area contributed by atoms with Gasteiger partial charge in [0.25, 0.3) is 5.91 Å². The van der Waals surface area contributed by atoms with Crippen LogP contribution in [0.25, 0.3) is 0 Å². The summed E-state index contributed by atoms with van der Waals surface area (Å²) >= 11 is 0. The molecule has 3 rings (SSSR count). The van der Waals surface area contributed by atoms with Crippen LogP contribution in [-0.2, 0) is 4.79 Å². The lowest BCUT2D eigenvalue weighted by molar-refractivity contribution is -0.116. The second-order valence-electron chi connectivity index (χ2n) is 6.52. The minimum Gasteiger partial charge on any atom is -0.339 e. The van der Waals surface area contributed by atoms with Crippen molar-refractivity contribution in [2.45, 2.75) is 32.1 Å². The first-order valence-corrected chi connectivity index (χ1v) is 8.62. The van der Waals surface area contributed by atoms with E-state index in [-0.39, 0.29) is 11.8 Å². The zero-order chi connectivity index (χ0) is 16.1. The van der Waals surface area contributed by atoms with Gasteiger partial charge in [-0.1, -0.05) is 0 Å². The van der Waals surface area contributed by atoms with Crippen molar-refractivity contribution < 1.29 is 9.59 Å². The molecule has 1 unspecified atom stereocenters. The molecule has 0 saturated carbocycles. The van der Waals surface area contributed by atoms with Crippen molar-refractivity contribution in [1.29, 1.82) is 0 Å². The number of nitrogens with zero attached hydrogens (tertiary/aromatic N) is 1. The zero-order valence-electron chi connectivity index (χ0n) is 13.5. The Kier molecular flexibility index (Phi) is 5.28. The van der Waals surface area contributed by atoms with E-state index >= 15 is 0 Å². The number of anilines is 1. The molecule has 2 heterocycles. The first kappa shape index (κ1) is 16.0. The molecule has 124 valence electrons. The molecule has 5 nitrogen and oxygen atoms in total. The Morgan fingerprint density at radius 3 is 2.57 bits per heavy atom. The number of hydrogen-bond acceptors (Lipinski definition) is 3. The zero-order valence-corrected chi connectivity index (χ0v) is 13.5. The normalized spacial score (nSPS) is 20.7. The summed E-state index contributed by atoms with van der Waals surface area (Å²) < 4.78 is 0. The van der Waals surface area contributed by atoms with Crippen molar-refractivity contribution in [3.8, 4) is 0 Å². The number of rotatable bonds is 5. The fraction of sp³-hybridized carbons (Fsp3) is 0.556. The van der Waals surface area contributed by atoms with E-state index in [2.05, 4.69) is 10.6 Å². The van der Waals surface area contributed by atoms with Crippen LogP contribution < -0.4 is 10.6 Å². The predicted molar refractivity (Wildman–Crippen MR) is 90.4 cm³/mol. The quantitative estimate of drug-likeness (QED) is 0.876. The van der Waals surface area contributed by atoms with Gasteiger partial charge in [-0.2, -0.15) is 0 Å². The van der Waals surface area contributed by atoms with E-state index in [4.69, 9.17) is 0 Å². The summed E-state index contributed by atoms with van der Waals surface area (Å²) in [5.41, 5.74) is 1.46. The minimum atomic E-state index is 0.0514. The van der Waals surface area contributed by atoms with E-state index in [1.807, 2.05) is 17.0 Å². The highest BCUT2D eigenvalue weighted by Gasteiger charge is 2.19. The third-order valence-electron chi connectivity index (χ3n) is 4.75. The number of carbonyl (C=O) groups excluding carboxylic acids is 2. The summed E-state index contributed by atoms with van der Waals surface area (Å²) in [6.45, 7) is 3.81. The van der Waals surface area contributed by atoms with Gasteiger partial charge in [-0.05, 0) is 69.0 Å². The lowest BCUT2D eigenvalue weighted by Gasteiger charge is -2.15. The maximum Gasteiger partial charge on any atom is 0.253 e. The Hall–Kier alpha value is -1.88. The van der Waals surface area contributed by atoms with Crippen molar-refractivity contribution in [2.24, 2.45) is 5.92 Å². The summed E-state index contributed by atoms with van der Waals surface area (Å²) in [5.74, 6) is 0.769. The fourth-order valence-electron chi connectivity index (χ4n) is 3.32. The van der Waals surface area contributed by atoms with Crippen LogP contribution in [0.4, 0.5) is 5.69 Å². The fourth-order valence-corrected chi connectivity index (χ4v) is 3.32. The van der Waals surface area contributed by atoms with Crippen LogP contribution >= 0.6 is 0 Å². The van der Waals surface area contributed by atoms with Gasteiger partial charge < -0.3 is 15.5 Å². The Morgan fingerprint density at radius 1 is 1.17 bits per heavy atom. The molecule has 0 spiro atoms. The molecule has 2 N–H and O–H groups in total. The predicted octanol–water partition coefficient (Wildman–Crippen LogP) is 2.25. The molecule has 0 aliphatic carbocycles. The molecule has 23 heavy (non-hydrogen) atoms. The van der Waals surface area contributed by atoms with Crippen LogP contribution in [0.2, 0.25) is 0 Å². The molecule has 2 amide bonds. The molecule has 0 radical (unpaired) electrons. The molecule has 2 fully saturated rings. The smallest absolute Gasteiger partial charge is 0.253 e. The molecular weight excluding hydrogens is 290 g/mol. The van der Waals surface area contributed by atoms with Gasteiger partial charge in [-0.3, -0.25) is 9.59 Å². The first-order valence-electron chi connectivity index (χ1n) is 8.62. The lowest BCUT2D eigenvalue weighted by Crippen LogP contribution is -2.27. The van der Waals surface area contributed by atoms with Gasteiger partial charge in [0.15, 0.2) is 0 Å². The Balaban J connectivity index is 1.48. The third-order valence-corrected chi connectivity index (χ3v) is 4.75. The second-order valence-corrected chi connectivity index (χ2v) is 6.52. The molecule has 2 aliphatic heterocycles. The number of carbonyl (C=O) groups is 2. The topological polar surface area (TPSA) is 61.4 Å². The van der Waals surface area contributed by atoms with Crippen LogP contribution in [0, 0.1) is 5.92 Å². The lowest BCUT2D eigenvalue weighted by atomic mass is 10.0. The van der Waals surface area contributed by atoms with Crippen LogP contribution in [0.5, 0.6) is 0 Å². The number of likely N-dealkylation sites (tertiary alicyclic amines) is 1. The summed E-state index contributed by atoms with van der Waals surface area (Å²) in [5, 5.41) is 6.24. The average molecular weight is 315 g/mol. The van der Waals surface area contributed by atoms with Gasteiger partial charge in [0, 0.05) is 30.8 Å². The van der Waals surface area contributed by atoms with Gasteiger partial charge >= 0.3 is 0 Å². The molecule has 1 aromatic carbocycles. The highest BCUT2D eigenvalue weighted by Crippen LogP contribution is 2.17. The summed E-state index contributed by atoms with van der Waals surface area (Å²) in [4.78, 5) is 26.1. The molecule has 2 aliphatic rings. The molecule has 1 aromatic rings. The number of amides is 2. The maximum atomic E-state index is 12.3. The van der Waals surface area contributed by atoms with E-state index in [0.29, 0.717) is 17.9 Å². The van der Waals surface area contributed by atoms with Crippen molar-refractivity contribution in [1.82, 2.24) is 10.2 Å². The van der Waals surface area contributed by atoms with Gasteiger partial charge in [-0.25, -0.2) is 0 Å². The van der Waals surface area contributed by atoms with Crippen molar-refractivity contribution in [2.75, 3.05) is 31.5 Å². The Morgan fingerprint density at radius 2 is 1.91 bits per heavy atom.